The molecule has 0 aliphatic carbocycles. The maximum atomic E-state index is 11.1. The number of rotatable bonds is 3. The van der Waals surface area contributed by atoms with Gasteiger partial charge >= 0.3 is 0 Å². The third kappa shape index (κ3) is 2.78. The third-order valence-corrected chi connectivity index (χ3v) is 4.90. The Morgan fingerprint density at radius 3 is 2.00 bits per heavy atom. The fourth-order valence-electron chi connectivity index (χ4n) is 1.18. The Kier molecular flexibility index (Phi) is 3.71. The zero-order chi connectivity index (χ0) is 12.6. The molecule has 0 heterocycles. The normalized spacial score (nSPS) is 13.4. The van der Waals surface area contributed by atoms with Gasteiger partial charge in [0, 0.05) is 0 Å². The van der Waals surface area contributed by atoms with Crippen molar-refractivity contribution in [3.8, 4) is 0 Å². The number of hydrogen-bond donors (Lipinski definition) is 2. The minimum atomic E-state index is -4.69. The van der Waals surface area contributed by atoms with Crippen LogP contribution >= 0.6 is 8.58 Å². The quantitative estimate of drug-likeness (QED) is 0.602. The van der Waals surface area contributed by atoms with Gasteiger partial charge in [0.2, 0.25) is 0 Å². The molecule has 6 nitrogen and oxygen atoms in total. The van der Waals surface area contributed by atoms with Crippen LogP contribution in [0.1, 0.15) is 0 Å². The highest BCUT2D eigenvalue weighted by Crippen LogP contribution is 2.22. The first-order valence-corrected chi connectivity index (χ1v) is 8.31. The monoisotopic (exact) mass is 284 g/mol. The predicted octanol–water partition coefficient (Wildman–Crippen LogP) is 0.114. The molecule has 0 aliphatic heterocycles. The van der Waals surface area contributed by atoms with Gasteiger partial charge in [-0.25, -0.2) is 0 Å². The van der Waals surface area contributed by atoms with Crippen LogP contribution in [0, 0.1) is 0 Å². The molecule has 0 bridgehead atoms. The van der Waals surface area contributed by atoms with E-state index in [4.69, 9.17) is 9.11 Å². The van der Waals surface area contributed by atoms with Gasteiger partial charge in [-0.05, 0) is 18.0 Å². The van der Waals surface area contributed by atoms with Crippen molar-refractivity contribution >= 4 is 34.1 Å². The lowest BCUT2D eigenvalue weighted by Crippen LogP contribution is -2.16. The number of hydrogen-bond acceptors (Lipinski definition) is 4. The summed E-state index contributed by atoms with van der Waals surface area (Å²) in [5.41, 5.74) is 0. The molecule has 0 saturated heterocycles. The van der Waals surface area contributed by atoms with Crippen molar-refractivity contribution < 1.29 is 25.9 Å². The van der Waals surface area contributed by atoms with E-state index in [1.165, 1.54) is 12.1 Å². The van der Waals surface area contributed by atoms with Crippen LogP contribution in [0.4, 0.5) is 0 Å². The van der Waals surface area contributed by atoms with Crippen LogP contribution in [0.25, 0.3) is 0 Å². The van der Waals surface area contributed by atoms with Gasteiger partial charge in [-0.15, -0.1) is 0 Å². The van der Waals surface area contributed by atoms with E-state index >= 15 is 0 Å². The second-order valence-corrected chi connectivity index (χ2v) is 6.62. The molecular weight excluding hydrogens is 275 g/mol. The molecule has 1 atom stereocenters. The van der Waals surface area contributed by atoms with E-state index in [2.05, 4.69) is 0 Å². The summed E-state index contributed by atoms with van der Waals surface area (Å²) in [5, 5.41) is 0.151. The lowest BCUT2D eigenvalue weighted by atomic mass is 10.4. The highest BCUT2D eigenvalue weighted by molar-refractivity contribution is 7.89. The molecule has 0 fully saturated rings. The Hall–Kier alpha value is -0.530. The Morgan fingerprint density at radius 2 is 1.62 bits per heavy atom. The third-order valence-electron chi connectivity index (χ3n) is 1.78. The standard InChI is InChI=1S/C7H9O6PS2/c1-14-5-3-2-4-6(15(8,9)10)7(5)16(11,12)13/h2-4,14H,1H3,(H,8,9,10)(H,11,12,13). The molecule has 1 aromatic rings. The van der Waals surface area contributed by atoms with Crippen LogP contribution in [-0.2, 0) is 20.2 Å². The van der Waals surface area contributed by atoms with E-state index in [0.29, 0.717) is 0 Å². The molecule has 0 aromatic heterocycles. The predicted molar refractivity (Wildman–Crippen MR) is 59.9 cm³/mol. The molecule has 9 heteroatoms. The van der Waals surface area contributed by atoms with Gasteiger partial charge in [0.05, 0.1) is 0 Å². The van der Waals surface area contributed by atoms with Gasteiger partial charge in [-0.3, -0.25) is 9.11 Å². The summed E-state index contributed by atoms with van der Waals surface area (Å²) in [4.78, 5) is -1.56. The van der Waals surface area contributed by atoms with Crippen LogP contribution < -0.4 is 5.30 Å². The van der Waals surface area contributed by atoms with E-state index < -0.39 is 30.0 Å². The molecule has 90 valence electrons. The highest BCUT2D eigenvalue weighted by Gasteiger charge is 2.26. The van der Waals surface area contributed by atoms with Gasteiger partial charge < -0.3 is 0 Å². The second-order valence-electron chi connectivity index (χ2n) is 2.83. The summed E-state index contributed by atoms with van der Waals surface area (Å²) in [7, 11) is -9.41. The van der Waals surface area contributed by atoms with Crippen LogP contribution in [0.15, 0.2) is 28.0 Å². The smallest absolute Gasteiger partial charge is 0.282 e. The molecule has 1 aromatic carbocycles. The lowest BCUT2D eigenvalue weighted by Gasteiger charge is -2.08. The van der Waals surface area contributed by atoms with Crippen molar-refractivity contribution in [3.63, 3.8) is 0 Å². The number of benzene rings is 1. The molecule has 16 heavy (non-hydrogen) atoms. The summed E-state index contributed by atoms with van der Waals surface area (Å²) in [6.45, 7) is 1.62. The topological polar surface area (TPSA) is 109 Å². The van der Waals surface area contributed by atoms with E-state index in [1.807, 2.05) is 0 Å². The molecule has 1 rings (SSSR count). The molecule has 0 saturated carbocycles. The average molecular weight is 284 g/mol. The molecule has 2 N–H and O–H groups in total. The van der Waals surface area contributed by atoms with Crippen molar-refractivity contribution in [2.75, 3.05) is 6.66 Å². The maximum Gasteiger partial charge on any atom is 0.296 e. The summed E-state index contributed by atoms with van der Waals surface area (Å²) in [6, 6.07) is 3.59. The fourth-order valence-corrected chi connectivity index (χ4v) is 4.49. The highest BCUT2D eigenvalue weighted by atomic mass is 32.2. The van der Waals surface area contributed by atoms with E-state index in [1.54, 1.807) is 6.66 Å². The van der Waals surface area contributed by atoms with Crippen molar-refractivity contribution in [2.45, 2.75) is 9.79 Å². The van der Waals surface area contributed by atoms with Crippen molar-refractivity contribution in [1.82, 2.24) is 0 Å². The first-order valence-electron chi connectivity index (χ1n) is 3.93. The lowest BCUT2D eigenvalue weighted by molar-refractivity contribution is 0.467. The van der Waals surface area contributed by atoms with Crippen LogP contribution in [0.2, 0.25) is 0 Å². The minimum absolute atomic E-state index is 0.0368. The second kappa shape index (κ2) is 4.38. The van der Waals surface area contributed by atoms with Crippen LogP contribution in [0.3, 0.4) is 0 Å². The Labute approximate surface area is 95.0 Å². The van der Waals surface area contributed by atoms with E-state index in [9.17, 15) is 16.8 Å². The van der Waals surface area contributed by atoms with Gasteiger partial charge in [0.1, 0.15) is 9.79 Å². The molecule has 0 amide bonds. The molecule has 1 unspecified atom stereocenters. The van der Waals surface area contributed by atoms with E-state index in [-0.39, 0.29) is 13.9 Å². The van der Waals surface area contributed by atoms with Gasteiger partial charge in [-0.2, -0.15) is 16.8 Å². The first kappa shape index (κ1) is 13.5. The summed E-state index contributed by atoms with van der Waals surface area (Å²) in [5.74, 6) is 0. The Balaban J connectivity index is 3.79. The van der Waals surface area contributed by atoms with Gasteiger partial charge in [0.25, 0.3) is 20.2 Å². The first-order chi connectivity index (χ1) is 7.18. The molecular formula is C7H9O6PS2. The maximum absolute atomic E-state index is 11.1. The van der Waals surface area contributed by atoms with Crippen LogP contribution in [0.5, 0.6) is 0 Å². The van der Waals surface area contributed by atoms with Gasteiger partial charge in [-0.1, -0.05) is 20.7 Å². The largest absolute Gasteiger partial charge is 0.296 e. The molecule has 0 spiro atoms. The zero-order valence-electron chi connectivity index (χ0n) is 8.08. The summed E-state index contributed by atoms with van der Waals surface area (Å²) < 4.78 is 61.8. The Morgan fingerprint density at radius 1 is 1.06 bits per heavy atom. The Bertz CT molecular complexity index is 604. The van der Waals surface area contributed by atoms with Crippen molar-refractivity contribution in [1.29, 1.82) is 0 Å². The fraction of sp³-hybridized carbons (Fsp3) is 0.143. The van der Waals surface area contributed by atoms with Crippen LogP contribution in [-0.4, -0.2) is 32.6 Å². The van der Waals surface area contributed by atoms with Gasteiger partial charge in [0.15, 0.2) is 0 Å². The summed E-state index contributed by atoms with van der Waals surface area (Å²) >= 11 is 0. The van der Waals surface area contributed by atoms with Crippen molar-refractivity contribution in [3.05, 3.63) is 18.2 Å². The molecule has 0 aliphatic rings. The molecule has 0 radical (unpaired) electrons. The SMILES string of the molecule is CPc1cccc(S(=O)(=O)O)c1S(=O)(=O)O. The zero-order valence-corrected chi connectivity index (χ0v) is 10.7. The average Bonchev–Trinajstić information content (AvgIpc) is 2.13. The van der Waals surface area contributed by atoms with E-state index in [0.717, 1.165) is 6.07 Å². The summed E-state index contributed by atoms with van der Waals surface area (Å²) in [6.07, 6.45) is 0. The van der Waals surface area contributed by atoms with Crippen molar-refractivity contribution in [2.24, 2.45) is 0 Å². The minimum Gasteiger partial charge on any atom is -0.282 e.